The van der Waals surface area contributed by atoms with Crippen molar-refractivity contribution >= 4 is 17.5 Å². The maximum Gasteiger partial charge on any atom is 0.185 e. The number of hydrogen-bond donors (Lipinski definition) is 0. The van der Waals surface area contributed by atoms with Gasteiger partial charge in [-0.25, -0.2) is 4.39 Å². The van der Waals surface area contributed by atoms with Crippen LogP contribution in [0.5, 0.6) is 0 Å². The standard InChI is InChI=1S/C20H21FN2O/c1-22-12-14-23(15-13-22)19-9-5-17(6-10-19)20(24)11-4-16-2-7-18(21)8-3-16/h2-11H,12-15H2,1H3. The van der Waals surface area contributed by atoms with Crippen molar-refractivity contribution < 1.29 is 9.18 Å². The molecule has 1 aliphatic rings. The molecule has 3 nitrogen and oxygen atoms in total. The summed E-state index contributed by atoms with van der Waals surface area (Å²) in [4.78, 5) is 16.9. The zero-order chi connectivity index (χ0) is 16.9. The molecule has 0 radical (unpaired) electrons. The van der Waals surface area contributed by atoms with E-state index < -0.39 is 0 Å². The van der Waals surface area contributed by atoms with Gasteiger partial charge in [-0.3, -0.25) is 4.79 Å². The number of halogens is 1. The van der Waals surface area contributed by atoms with Crippen LogP contribution in [0.2, 0.25) is 0 Å². The molecule has 0 amide bonds. The van der Waals surface area contributed by atoms with E-state index in [9.17, 15) is 9.18 Å². The van der Waals surface area contributed by atoms with Crippen molar-refractivity contribution in [3.63, 3.8) is 0 Å². The highest BCUT2D eigenvalue weighted by atomic mass is 19.1. The summed E-state index contributed by atoms with van der Waals surface area (Å²) in [5, 5.41) is 0. The molecule has 124 valence electrons. The molecule has 2 aromatic rings. The zero-order valence-corrected chi connectivity index (χ0v) is 13.8. The molecule has 24 heavy (non-hydrogen) atoms. The third-order valence-electron chi connectivity index (χ3n) is 4.32. The van der Waals surface area contributed by atoms with E-state index in [1.54, 1.807) is 18.2 Å². The smallest absolute Gasteiger partial charge is 0.185 e. The normalized spacial score (nSPS) is 15.8. The Balaban J connectivity index is 1.64. The van der Waals surface area contributed by atoms with Gasteiger partial charge in [0.05, 0.1) is 0 Å². The SMILES string of the molecule is CN1CCN(c2ccc(C(=O)C=Cc3ccc(F)cc3)cc2)CC1. The van der Waals surface area contributed by atoms with Crippen LogP contribution >= 0.6 is 0 Å². The number of likely N-dealkylation sites (N-methyl/N-ethyl adjacent to an activating group) is 1. The van der Waals surface area contributed by atoms with E-state index in [0.29, 0.717) is 5.56 Å². The van der Waals surface area contributed by atoms with Crippen LogP contribution in [0, 0.1) is 5.82 Å². The maximum absolute atomic E-state index is 12.9. The lowest BCUT2D eigenvalue weighted by Crippen LogP contribution is -2.44. The van der Waals surface area contributed by atoms with Crippen LogP contribution in [-0.4, -0.2) is 43.9 Å². The summed E-state index contributed by atoms with van der Waals surface area (Å²) in [6.45, 7) is 4.13. The first-order chi connectivity index (χ1) is 11.6. The molecule has 0 aliphatic carbocycles. The average Bonchev–Trinajstić information content (AvgIpc) is 2.62. The van der Waals surface area contributed by atoms with E-state index in [1.165, 1.54) is 18.2 Å². The first-order valence-electron chi connectivity index (χ1n) is 8.13. The van der Waals surface area contributed by atoms with E-state index in [2.05, 4.69) is 16.8 Å². The van der Waals surface area contributed by atoms with Gasteiger partial charge < -0.3 is 9.80 Å². The minimum Gasteiger partial charge on any atom is -0.369 e. The first-order valence-corrected chi connectivity index (χ1v) is 8.13. The molecular formula is C20H21FN2O. The van der Waals surface area contributed by atoms with E-state index >= 15 is 0 Å². The lowest BCUT2D eigenvalue weighted by Gasteiger charge is -2.34. The molecule has 0 bridgehead atoms. The summed E-state index contributed by atoms with van der Waals surface area (Å²) in [5.41, 5.74) is 2.62. The number of allylic oxidation sites excluding steroid dienone is 1. The predicted octanol–water partition coefficient (Wildman–Crippen LogP) is 3.47. The minimum atomic E-state index is -0.280. The van der Waals surface area contributed by atoms with Gasteiger partial charge in [0.1, 0.15) is 5.82 Å². The number of hydrogen-bond acceptors (Lipinski definition) is 3. The van der Waals surface area contributed by atoms with Crippen LogP contribution in [-0.2, 0) is 0 Å². The van der Waals surface area contributed by atoms with Crippen LogP contribution in [0.3, 0.4) is 0 Å². The molecule has 0 spiro atoms. The Kier molecular flexibility index (Phi) is 5.06. The van der Waals surface area contributed by atoms with Crippen molar-refractivity contribution in [3.8, 4) is 0 Å². The second-order valence-electron chi connectivity index (χ2n) is 6.09. The lowest BCUT2D eigenvalue weighted by atomic mass is 10.1. The van der Waals surface area contributed by atoms with E-state index in [1.807, 2.05) is 24.3 Å². The van der Waals surface area contributed by atoms with Crippen molar-refractivity contribution in [2.45, 2.75) is 0 Å². The molecule has 0 aromatic heterocycles. The van der Waals surface area contributed by atoms with Gasteiger partial charge in [0.2, 0.25) is 0 Å². The van der Waals surface area contributed by atoms with Gasteiger partial charge in [0, 0.05) is 37.4 Å². The average molecular weight is 324 g/mol. The summed E-state index contributed by atoms with van der Waals surface area (Å²) in [7, 11) is 2.13. The summed E-state index contributed by atoms with van der Waals surface area (Å²) < 4.78 is 12.9. The Hall–Kier alpha value is -2.46. The topological polar surface area (TPSA) is 23.6 Å². The Bertz CT molecular complexity index is 714. The summed E-state index contributed by atoms with van der Waals surface area (Å²) in [6, 6.07) is 13.8. The van der Waals surface area contributed by atoms with E-state index in [-0.39, 0.29) is 11.6 Å². The first kappa shape index (κ1) is 16.4. The zero-order valence-electron chi connectivity index (χ0n) is 13.8. The second kappa shape index (κ2) is 7.41. The van der Waals surface area contributed by atoms with Gasteiger partial charge in [0.25, 0.3) is 0 Å². The number of ketones is 1. The van der Waals surface area contributed by atoms with E-state index in [4.69, 9.17) is 0 Å². The molecule has 1 saturated heterocycles. The van der Waals surface area contributed by atoms with Crippen LogP contribution < -0.4 is 4.90 Å². The molecule has 1 heterocycles. The van der Waals surface area contributed by atoms with Crippen molar-refractivity contribution in [1.82, 2.24) is 4.90 Å². The molecule has 0 atom stereocenters. The Labute approximate surface area is 142 Å². The van der Waals surface area contributed by atoms with Crippen molar-refractivity contribution in [3.05, 3.63) is 71.6 Å². The summed E-state index contributed by atoms with van der Waals surface area (Å²) in [6.07, 6.45) is 3.23. The van der Waals surface area contributed by atoms with Crippen molar-refractivity contribution in [2.75, 3.05) is 38.1 Å². The van der Waals surface area contributed by atoms with Crippen LogP contribution in [0.1, 0.15) is 15.9 Å². The number of carbonyl (C=O) groups excluding carboxylic acids is 1. The number of anilines is 1. The van der Waals surface area contributed by atoms with Gasteiger partial charge in [-0.05, 0) is 55.1 Å². The molecule has 0 saturated carbocycles. The minimum absolute atomic E-state index is 0.0516. The predicted molar refractivity (Wildman–Crippen MR) is 95.9 cm³/mol. The number of rotatable bonds is 4. The highest BCUT2D eigenvalue weighted by molar-refractivity contribution is 6.06. The molecular weight excluding hydrogens is 303 g/mol. The van der Waals surface area contributed by atoms with Crippen LogP contribution in [0.25, 0.3) is 6.08 Å². The van der Waals surface area contributed by atoms with Gasteiger partial charge in [-0.1, -0.05) is 18.2 Å². The molecule has 3 rings (SSSR count). The number of piperazine rings is 1. The Morgan fingerprint density at radius 1 is 0.958 bits per heavy atom. The molecule has 0 unspecified atom stereocenters. The van der Waals surface area contributed by atoms with Gasteiger partial charge in [-0.15, -0.1) is 0 Å². The van der Waals surface area contributed by atoms with Crippen molar-refractivity contribution in [2.24, 2.45) is 0 Å². The van der Waals surface area contributed by atoms with Crippen molar-refractivity contribution in [1.29, 1.82) is 0 Å². The van der Waals surface area contributed by atoms with Gasteiger partial charge in [-0.2, -0.15) is 0 Å². The number of carbonyl (C=O) groups is 1. The third-order valence-corrected chi connectivity index (χ3v) is 4.32. The Morgan fingerprint density at radius 2 is 1.58 bits per heavy atom. The van der Waals surface area contributed by atoms with Gasteiger partial charge in [0.15, 0.2) is 5.78 Å². The second-order valence-corrected chi connectivity index (χ2v) is 6.09. The largest absolute Gasteiger partial charge is 0.369 e. The molecule has 1 fully saturated rings. The molecule has 2 aromatic carbocycles. The number of benzene rings is 2. The monoisotopic (exact) mass is 324 g/mol. The fourth-order valence-corrected chi connectivity index (χ4v) is 2.74. The van der Waals surface area contributed by atoms with Crippen LogP contribution in [0.4, 0.5) is 10.1 Å². The summed E-state index contributed by atoms with van der Waals surface area (Å²) in [5.74, 6) is -0.331. The fourth-order valence-electron chi connectivity index (χ4n) is 2.74. The highest BCUT2D eigenvalue weighted by Crippen LogP contribution is 2.17. The Morgan fingerprint density at radius 3 is 2.21 bits per heavy atom. The molecule has 4 heteroatoms. The number of nitrogens with zero attached hydrogens (tertiary/aromatic N) is 2. The molecule has 1 aliphatic heterocycles. The quantitative estimate of drug-likeness (QED) is 0.635. The third kappa shape index (κ3) is 4.09. The maximum atomic E-state index is 12.9. The molecule has 0 N–H and O–H groups in total. The fraction of sp³-hybridized carbons (Fsp3) is 0.250. The van der Waals surface area contributed by atoms with Gasteiger partial charge >= 0.3 is 0 Å². The van der Waals surface area contributed by atoms with E-state index in [0.717, 1.165) is 37.4 Å². The highest BCUT2D eigenvalue weighted by Gasteiger charge is 2.14. The lowest BCUT2D eigenvalue weighted by molar-refractivity contribution is 0.104. The summed E-state index contributed by atoms with van der Waals surface area (Å²) >= 11 is 0. The van der Waals surface area contributed by atoms with Crippen LogP contribution in [0.15, 0.2) is 54.6 Å².